The summed E-state index contributed by atoms with van der Waals surface area (Å²) in [4.78, 5) is 13.7. The fraction of sp³-hybridized carbons (Fsp3) is 0.357. The van der Waals surface area contributed by atoms with Crippen molar-refractivity contribution in [2.75, 3.05) is 11.4 Å². The van der Waals surface area contributed by atoms with E-state index in [0.29, 0.717) is 13.0 Å². The Morgan fingerprint density at radius 2 is 2.35 bits per heavy atom. The average Bonchev–Trinajstić information content (AvgIpc) is 2.71. The Kier molecular flexibility index (Phi) is 3.29. The van der Waals surface area contributed by atoms with E-state index in [9.17, 15) is 4.79 Å². The summed E-state index contributed by atoms with van der Waals surface area (Å²) in [6.07, 6.45) is 2.37. The summed E-state index contributed by atoms with van der Waals surface area (Å²) in [5.41, 5.74) is 2.80. The van der Waals surface area contributed by atoms with E-state index in [-0.39, 0.29) is 18.4 Å². The summed E-state index contributed by atoms with van der Waals surface area (Å²) in [6, 6.07) is 5.71. The van der Waals surface area contributed by atoms with E-state index in [0.717, 1.165) is 16.8 Å². The van der Waals surface area contributed by atoms with Crippen molar-refractivity contribution in [3.8, 4) is 0 Å². The number of hydrogen-bond acceptors (Lipinski definition) is 2. The van der Waals surface area contributed by atoms with Gasteiger partial charge in [0.15, 0.2) is 0 Å². The normalized spacial score (nSPS) is 19.8. The van der Waals surface area contributed by atoms with Crippen LogP contribution < -0.4 is 4.90 Å². The molecule has 90 valence electrons. The molecule has 0 spiro atoms. The van der Waals surface area contributed by atoms with Crippen LogP contribution in [0.15, 0.2) is 30.9 Å². The van der Waals surface area contributed by atoms with E-state index in [4.69, 9.17) is 5.11 Å². The van der Waals surface area contributed by atoms with E-state index in [2.05, 4.69) is 6.58 Å². The maximum Gasteiger partial charge on any atom is 0.227 e. The van der Waals surface area contributed by atoms with Crippen LogP contribution in [0.3, 0.4) is 0 Å². The zero-order valence-electron chi connectivity index (χ0n) is 10.0. The van der Waals surface area contributed by atoms with Gasteiger partial charge in [0, 0.05) is 24.6 Å². The third-order valence-corrected chi connectivity index (χ3v) is 3.24. The molecular formula is C14H17NO2. The Morgan fingerprint density at radius 1 is 1.59 bits per heavy atom. The van der Waals surface area contributed by atoms with Gasteiger partial charge in [-0.15, -0.1) is 6.58 Å². The van der Waals surface area contributed by atoms with Gasteiger partial charge in [0.2, 0.25) is 5.91 Å². The predicted octanol–water partition coefficient (Wildman–Crippen LogP) is 2.03. The minimum Gasteiger partial charge on any atom is -0.392 e. The highest BCUT2D eigenvalue weighted by molar-refractivity contribution is 5.96. The lowest BCUT2D eigenvalue weighted by molar-refractivity contribution is -0.117. The van der Waals surface area contributed by atoms with Gasteiger partial charge in [-0.05, 0) is 24.1 Å². The summed E-state index contributed by atoms with van der Waals surface area (Å²) >= 11 is 0. The van der Waals surface area contributed by atoms with Gasteiger partial charge in [0.25, 0.3) is 0 Å². The molecule has 1 N–H and O–H groups in total. The van der Waals surface area contributed by atoms with E-state index in [1.54, 1.807) is 4.90 Å². The number of carbonyl (C=O) groups is 1. The molecule has 1 aliphatic heterocycles. The fourth-order valence-electron chi connectivity index (χ4n) is 2.17. The van der Waals surface area contributed by atoms with Crippen molar-refractivity contribution in [3.05, 3.63) is 42.0 Å². The first-order valence-corrected chi connectivity index (χ1v) is 5.79. The molecule has 0 saturated carbocycles. The van der Waals surface area contributed by atoms with Crippen LogP contribution in [0, 0.1) is 12.8 Å². The van der Waals surface area contributed by atoms with E-state index in [1.165, 1.54) is 0 Å². The molecule has 0 radical (unpaired) electrons. The molecule has 0 aliphatic carbocycles. The van der Waals surface area contributed by atoms with Gasteiger partial charge < -0.3 is 10.0 Å². The van der Waals surface area contributed by atoms with Crippen molar-refractivity contribution in [2.24, 2.45) is 5.92 Å². The summed E-state index contributed by atoms with van der Waals surface area (Å²) in [6.45, 7) is 6.41. The molecule has 1 aliphatic rings. The molecule has 17 heavy (non-hydrogen) atoms. The van der Waals surface area contributed by atoms with Crippen LogP contribution in [0.1, 0.15) is 17.5 Å². The summed E-state index contributed by atoms with van der Waals surface area (Å²) in [5, 5.41) is 9.14. The SMILES string of the molecule is C=CC1CC(=O)N(c2cc(CO)ccc2C)C1. The fourth-order valence-corrected chi connectivity index (χ4v) is 2.17. The Balaban J connectivity index is 2.33. The minimum absolute atomic E-state index is 0.000196. The Morgan fingerprint density at radius 3 is 2.94 bits per heavy atom. The number of aryl methyl sites for hydroxylation is 1. The molecule has 3 heteroatoms. The number of amides is 1. The predicted molar refractivity (Wildman–Crippen MR) is 67.8 cm³/mol. The Hall–Kier alpha value is -1.61. The highest BCUT2D eigenvalue weighted by Crippen LogP contribution is 2.29. The highest BCUT2D eigenvalue weighted by Gasteiger charge is 2.29. The second kappa shape index (κ2) is 4.72. The maximum atomic E-state index is 11.9. The summed E-state index contributed by atoms with van der Waals surface area (Å²) in [5.74, 6) is 0.368. The molecule has 3 nitrogen and oxygen atoms in total. The van der Waals surface area contributed by atoms with Crippen LogP contribution >= 0.6 is 0 Å². The van der Waals surface area contributed by atoms with Gasteiger partial charge in [0.1, 0.15) is 0 Å². The molecule has 2 rings (SSSR count). The van der Waals surface area contributed by atoms with E-state index < -0.39 is 0 Å². The zero-order chi connectivity index (χ0) is 12.4. The summed E-state index contributed by atoms with van der Waals surface area (Å²) in [7, 11) is 0. The third-order valence-electron chi connectivity index (χ3n) is 3.24. The molecule has 1 heterocycles. The lowest BCUT2D eigenvalue weighted by atomic mass is 10.1. The van der Waals surface area contributed by atoms with E-state index >= 15 is 0 Å². The molecule has 0 aromatic heterocycles. The van der Waals surface area contributed by atoms with Crippen molar-refractivity contribution in [1.82, 2.24) is 0 Å². The zero-order valence-corrected chi connectivity index (χ0v) is 10.0. The van der Waals surface area contributed by atoms with Gasteiger partial charge in [0.05, 0.1) is 6.61 Å². The van der Waals surface area contributed by atoms with E-state index in [1.807, 2.05) is 31.2 Å². The third kappa shape index (κ3) is 2.24. The van der Waals surface area contributed by atoms with Crippen LogP contribution in [-0.4, -0.2) is 17.6 Å². The number of carbonyl (C=O) groups excluding carboxylic acids is 1. The largest absolute Gasteiger partial charge is 0.392 e. The molecule has 1 atom stereocenters. The lowest BCUT2D eigenvalue weighted by Crippen LogP contribution is -2.25. The first-order chi connectivity index (χ1) is 8.15. The van der Waals surface area contributed by atoms with Crippen molar-refractivity contribution in [2.45, 2.75) is 20.0 Å². The van der Waals surface area contributed by atoms with Crippen molar-refractivity contribution in [1.29, 1.82) is 0 Å². The average molecular weight is 231 g/mol. The van der Waals surface area contributed by atoms with Gasteiger partial charge in [-0.2, -0.15) is 0 Å². The Labute approximate surface area is 101 Å². The van der Waals surface area contributed by atoms with Gasteiger partial charge in [-0.25, -0.2) is 0 Å². The monoisotopic (exact) mass is 231 g/mol. The van der Waals surface area contributed by atoms with Crippen LogP contribution in [0.5, 0.6) is 0 Å². The topological polar surface area (TPSA) is 40.5 Å². The quantitative estimate of drug-likeness (QED) is 0.809. The molecular weight excluding hydrogens is 214 g/mol. The minimum atomic E-state index is 0.000196. The van der Waals surface area contributed by atoms with Crippen LogP contribution in [-0.2, 0) is 11.4 Å². The molecule has 1 aromatic carbocycles. The number of hydrogen-bond donors (Lipinski definition) is 1. The number of anilines is 1. The lowest BCUT2D eigenvalue weighted by Gasteiger charge is -2.19. The molecule has 1 fully saturated rings. The molecule has 0 bridgehead atoms. The maximum absolute atomic E-state index is 11.9. The van der Waals surface area contributed by atoms with Crippen LogP contribution in [0.25, 0.3) is 0 Å². The molecule has 1 unspecified atom stereocenters. The van der Waals surface area contributed by atoms with Gasteiger partial charge >= 0.3 is 0 Å². The highest BCUT2D eigenvalue weighted by atomic mass is 16.3. The number of aliphatic hydroxyl groups is 1. The first-order valence-electron chi connectivity index (χ1n) is 5.79. The van der Waals surface area contributed by atoms with Crippen molar-refractivity contribution < 1.29 is 9.90 Å². The number of nitrogens with zero attached hydrogens (tertiary/aromatic N) is 1. The molecule has 1 aromatic rings. The second-order valence-corrected chi connectivity index (χ2v) is 4.48. The first kappa shape index (κ1) is 11.9. The Bertz CT molecular complexity index is 454. The van der Waals surface area contributed by atoms with Crippen molar-refractivity contribution in [3.63, 3.8) is 0 Å². The number of aliphatic hydroxyl groups excluding tert-OH is 1. The second-order valence-electron chi connectivity index (χ2n) is 4.48. The standard InChI is InChI=1S/C14H17NO2/c1-3-11-7-14(17)15(8-11)13-6-12(9-16)5-4-10(13)2/h3-6,11,16H,1,7-9H2,2H3. The van der Waals surface area contributed by atoms with Gasteiger partial charge in [-0.3, -0.25) is 4.79 Å². The van der Waals surface area contributed by atoms with Crippen molar-refractivity contribution >= 4 is 11.6 Å². The number of benzene rings is 1. The number of rotatable bonds is 3. The van der Waals surface area contributed by atoms with Gasteiger partial charge in [-0.1, -0.05) is 18.2 Å². The molecule has 1 amide bonds. The smallest absolute Gasteiger partial charge is 0.227 e. The molecule has 1 saturated heterocycles. The summed E-state index contributed by atoms with van der Waals surface area (Å²) < 4.78 is 0. The van der Waals surface area contributed by atoms with Crippen LogP contribution in [0.4, 0.5) is 5.69 Å². The van der Waals surface area contributed by atoms with Crippen LogP contribution in [0.2, 0.25) is 0 Å².